The lowest BCUT2D eigenvalue weighted by atomic mass is 9.88. The van der Waals surface area contributed by atoms with Crippen molar-refractivity contribution >= 4 is 34.2 Å². The average molecular weight is 359 g/mol. The van der Waals surface area contributed by atoms with Gasteiger partial charge in [0.15, 0.2) is 0 Å². The molecule has 1 aliphatic rings. The highest BCUT2D eigenvalue weighted by atomic mass is 35.5. The van der Waals surface area contributed by atoms with Crippen LogP contribution in [0.4, 0.5) is 0 Å². The van der Waals surface area contributed by atoms with Crippen LogP contribution < -0.4 is 0 Å². The molecule has 0 atom stereocenters. The number of fused-ring (bicyclic) bond motifs is 1. The summed E-state index contributed by atoms with van der Waals surface area (Å²) in [5, 5.41) is 1.43. The zero-order valence-electron chi connectivity index (χ0n) is 13.5. The van der Waals surface area contributed by atoms with Crippen molar-refractivity contribution in [1.29, 1.82) is 0 Å². The van der Waals surface area contributed by atoms with E-state index in [4.69, 9.17) is 28.2 Å². The molecule has 0 amide bonds. The monoisotopic (exact) mass is 358 g/mol. The average Bonchev–Trinajstić information content (AvgIpc) is 2.98. The summed E-state index contributed by atoms with van der Waals surface area (Å²) in [6.45, 7) is 0.671. The summed E-state index contributed by atoms with van der Waals surface area (Å²) >= 11 is 12.8. The number of nitrogens with zero attached hydrogens (tertiary/aromatic N) is 2. The third kappa shape index (κ3) is 2.94. The largest absolute Gasteiger partial charge is 0.323 e. The van der Waals surface area contributed by atoms with E-state index in [1.165, 1.54) is 37.9 Å². The number of hydrogen-bond donors (Lipinski definition) is 0. The van der Waals surface area contributed by atoms with Crippen LogP contribution in [0.5, 0.6) is 0 Å². The minimum atomic E-state index is 0.535. The summed E-state index contributed by atoms with van der Waals surface area (Å²) in [7, 11) is 0. The maximum Gasteiger partial charge on any atom is 0.113 e. The lowest BCUT2D eigenvalue weighted by Gasteiger charge is -2.22. The fraction of sp³-hybridized carbons (Fsp3) is 0.350. The second-order valence-electron chi connectivity index (χ2n) is 6.58. The number of halogens is 2. The van der Waals surface area contributed by atoms with Gasteiger partial charge in [-0.25, -0.2) is 4.98 Å². The van der Waals surface area contributed by atoms with Gasteiger partial charge in [-0.05, 0) is 37.1 Å². The molecule has 1 aromatic heterocycles. The molecule has 2 aromatic carbocycles. The second kappa shape index (κ2) is 6.78. The molecule has 0 aliphatic heterocycles. The summed E-state index contributed by atoms with van der Waals surface area (Å²) < 4.78 is 2.32. The Balaban J connectivity index is 1.83. The lowest BCUT2D eigenvalue weighted by molar-refractivity contribution is 0.420. The second-order valence-corrected chi connectivity index (χ2v) is 7.39. The Morgan fingerprint density at radius 3 is 2.38 bits per heavy atom. The number of aromatic nitrogens is 2. The van der Waals surface area contributed by atoms with Crippen molar-refractivity contribution in [3.8, 4) is 0 Å². The molecule has 0 radical (unpaired) electrons. The maximum absolute atomic E-state index is 6.42. The Morgan fingerprint density at radius 2 is 1.62 bits per heavy atom. The van der Waals surface area contributed by atoms with Crippen molar-refractivity contribution in [1.82, 2.24) is 9.55 Å². The highest BCUT2D eigenvalue weighted by molar-refractivity contribution is 6.36. The van der Waals surface area contributed by atoms with Crippen molar-refractivity contribution < 1.29 is 0 Å². The third-order valence-electron chi connectivity index (χ3n) is 5.03. The van der Waals surface area contributed by atoms with Crippen LogP contribution >= 0.6 is 23.2 Å². The van der Waals surface area contributed by atoms with Crippen LogP contribution in [0.25, 0.3) is 11.0 Å². The normalized spacial score (nSPS) is 15.9. The molecular formula is C20H20Cl2N2. The molecule has 1 heterocycles. The van der Waals surface area contributed by atoms with Gasteiger partial charge in [-0.1, -0.05) is 60.7 Å². The van der Waals surface area contributed by atoms with Gasteiger partial charge in [0.25, 0.3) is 0 Å². The Bertz CT molecular complexity index is 843. The van der Waals surface area contributed by atoms with Gasteiger partial charge in [0.2, 0.25) is 0 Å². The molecule has 0 saturated heterocycles. The standard InChI is InChI=1S/C20H20Cl2N2/c21-16-9-6-10-17(22)15(16)13-24-19-12-5-4-11-18(19)23-20(24)14-7-2-1-3-8-14/h4-6,9-12,14H,1-3,7-8,13H2. The van der Waals surface area contributed by atoms with E-state index >= 15 is 0 Å². The number of benzene rings is 2. The Kier molecular flexibility index (Phi) is 4.51. The van der Waals surface area contributed by atoms with Gasteiger partial charge >= 0.3 is 0 Å². The quantitative estimate of drug-likeness (QED) is 0.526. The molecule has 0 spiro atoms. The predicted octanol–water partition coefficient (Wildman–Crippen LogP) is 6.44. The number of hydrogen-bond acceptors (Lipinski definition) is 1. The fourth-order valence-electron chi connectivity index (χ4n) is 3.77. The van der Waals surface area contributed by atoms with E-state index in [2.05, 4.69) is 22.8 Å². The van der Waals surface area contributed by atoms with Gasteiger partial charge in [0, 0.05) is 21.5 Å². The molecular weight excluding hydrogens is 339 g/mol. The van der Waals surface area contributed by atoms with Crippen LogP contribution in [-0.2, 0) is 6.54 Å². The lowest BCUT2D eigenvalue weighted by Crippen LogP contribution is -2.13. The van der Waals surface area contributed by atoms with Gasteiger partial charge in [-0.15, -0.1) is 0 Å². The van der Waals surface area contributed by atoms with Gasteiger partial charge in [0.05, 0.1) is 17.6 Å². The predicted molar refractivity (Wildman–Crippen MR) is 101 cm³/mol. The van der Waals surface area contributed by atoms with E-state index in [1.807, 2.05) is 24.3 Å². The minimum Gasteiger partial charge on any atom is -0.323 e. The number of rotatable bonds is 3. The summed E-state index contributed by atoms with van der Waals surface area (Å²) in [6, 6.07) is 14.0. The van der Waals surface area contributed by atoms with Gasteiger partial charge in [-0.3, -0.25) is 0 Å². The SMILES string of the molecule is Clc1cccc(Cl)c1Cn1c(C2CCCCC2)nc2ccccc21. The van der Waals surface area contributed by atoms with Crippen LogP contribution in [0.15, 0.2) is 42.5 Å². The first-order chi connectivity index (χ1) is 11.7. The summed E-state index contributed by atoms with van der Waals surface area (Å²) in [5.74, 6) is 1.72. The maximum atomic E-state index is 6.42. The third-order valence-corrected chi connectivity index (χ3v) is 5.74. The summed E-state index contributed by atoms with van der Waals surface area (Å²) in [4.78, 5) is 4.97. The molecule has 24 heavy (non-hydrogen) atoms. The fourth-order valence-corrected chi connectivity index (χ4v) is 4.29. The molecule has 4 heteroatoms. The van der Waals surface area contributed by atoms with E-state index in [-0.39, 0.29) is 0 Å². The van der Waals surface area contributed by atoms with E-state index < -0.39 is 0 Å². The van der Waals surface area contributed by atoms with Crippen LogP contribution in [-0.4, -0.2) is 9.55 Å². The van der Waals surface area contributed by atoms with Crippen molar-refractivity contribution in [2.75, 3.05) is 0 Å². The van der Waals surface area contributed by atoms with Crippen molar-refractivity contribution in [3.05, 3.63) is 63.9 Å². The number of para-hydroxylation sites is 2. The first kappa shape index (κ1) is 16.0. The summed E-state index contributed by atoms with van der Waals surface area (Å²) in [5.41, 5.74) is 3.19. The first-order valence-corrected chi connectivity index (χ1v) is 9.37. The van der Waals surface area contributed by atoms with Crippen LogP contribution in [0.1, 0.15) is 49.4 Å². The van der Waals surface area contributed by atoms with E-state index in [0.29, 0.717) is 12.5 Å². The van der Waals surface area contributed by atoms with Crippen molar-refractivity contribution in [3.63, 3.8) is 0 Å². The minimum absolute atomic E-state index is 0.535. The molecule has 0 bridgehead atoms. The van der Waals surface area contributed by atoms with Gasteiger partial charge in [0.1, 0.15) is 5.82 Å². The molecule has 1 aliphatic carbocycles. The van der Waals surface area contributed by atoms with E-state index in [1.54, 1.807) is 0 Å². The topological polar surface area (TPSA) is 17.8 Å². The molecule has 4 rings (SSSR count). The smallest absolute Gasteiger partial charge is 0.113 e. The van der Waals surface area contributed by atoms with Gasteiger partial charge < -0.3 is 4.57 Å². The molecule has 2 nitrogen and oxygen atoms in total. The Hall–Kier alpha value is -1.51. The van der Waals surface area contributed by atoms with Crippen LogP contribution in [0.2, 0.25) is 10.0 Å². The highest BCUT2D eigenvalue weighted by Gasteiger charge is 2.23. The number of imidazole rings is 1. The molecule has 1 fully saturated rings. The van der Waals surface area contributed by atoms with Crippen LogP contribution in [0.3, 0.4) is 0 Å². The van der Waals surface area contributed by atoms with E-state index in [9.17, 15) is 0 Å². The molecule has 0 unspecified atom stereocenters. The van der Waals surface area contributed by atoms with Crippen molar-refractivity contribution in [2.24, 2.45) is 0 Å². The van der Waals surface area contributed by atoms with Crippen LogP contribution in [0, 0.1) is 0 Å². The van der Waals surface area contributed by atoms with E-state index in [0.717, 1.165) is 26.6 Å². The summed E-state index contributed by atoms with van der Waals surface area (Å²) in [6.07, 6.45) is 6.37. The zero-order valence-corrected chi connectivity index (χ0v) is 15.0. The Labute approximate surface area is 152 Å². The molecule has 1 saturated carbocycles. The zero-order chi connectivity index (χ0) is 16.5. The van der Waals surface area contributed by atoms with Gasteiger partial charge in [-0.2, -0.15) is 0 Å². The van der Waals surface area contributed by atoms with Crippen molar-refractivity contribution in [2.45, 2.75) is 44.6 Å². The molecule has 124 valence electrons. The Morgan fingerprint density at radius 1 is 0.917 bits per heavy atom. The highest BCUT2D eigenvalue weighted by Crippen LogP contribution is 2.35. The molecule has 0 N–H and O–H groups in total. The first-order valence-electron chi connectivity index (χ1n) is 8.62. The molecule has 3 aromatic rings.